The van der Waals surface area contributed by atoms with Gasteiger partial charge in [0.1, 0.15) is 12.0 Å². The first kappa shape index (κ1) is 11.5. The zero-order chi connectivity index (χ0) is 11.1. The predicted molar refractivity (Wildman–Crippen MR) is 61.9 cm³/mol. The Kier molecular flexibility index (Phi) is 4.61. The highest BCUT2D eigenvalue weighted by molar-refractivity contribution is 5.81. The fourth-order valence-corrected chi connectivity index (χ4v) is 1.29. The molecule has 2 heteroatoms. The van der Waals surface area contributed by atoms with Gasteiger partial charge in [-0.25, -0.2) is 0 Å². The third kappa shape index (κ3) is 3.58. The van der Waals surface area contributed by atoms with E-state index in [1.807, 2.05) is 44.2 Å². The molecule has 0 radical (unpaired) electrons. The molecule has 0 fully saturated rings. The molecule has 0 aliphatic rings. The number of carbonyl (C=O) groups excluding carboxylic acids is 1. The Morgan fingerprint density at radius 2 is 2.20 bits per heavy atom. The lowest BCUT2D eigenvalue weighted by molar-refractivity contribution is -0.104. The van der Waals surface area contributed by atoms with Gasteiger partial charge >= 0.3 is 0 Å². The summed E-state index contributed by atoms with van der Waals surface area (Å²) >= 11 is 0. The van der Waals surface area contributed by atoms with Crippen molar-refractivity contribution in [2.24, 2.45) is 0 Å². The Bertz CT molecular complexity index is 353. The largest absolute Gasteiger partial charge is 0.494 e. The summed E-state index contributed by atoms with van der Waals surface area (Å²) in [6.45, 7) is 4.57. The topological polar surface area (TPSA) is 26.3 Å². The summed E-state index contributed by atoms with van der Waals surface area (Å²) < 4.78 is 5.38. The van der Waals surface area contributed by atoms with E-state index in [2.05, 4.69) is 0 Å². The summed E-state index contributed by atoms with van der Waals surface area (Å²) in [7, 11) is 0. The minimum Gasteiger partial charge on any atom is -0.494 e. The van der Waals surface area contributed by atoms with Gasteiger partial charge in [-0.15, -0.1) is 0 Å². The van der Waals surface area contributed by atoms with Gasteiger partial charge in [-0.3, -0.25) is 4.79 Å². The van der Waals surface area contributed by atoms with Crippen LogP contribution < -0.4 is 4.74 Å². The molecule has 0 aromatic heterocycles. The Labute approximate surface area is 90.6 Å². The zero-order valence-electron chi connectivity index (χ0n) is 9.19. The van der Waals surface area contributed by atoms with Crippen LogP contribution in [0.15, 0.2) is 29.8 Å². The summed E-state index contributed by atoms with van der Waals surface area (Å²) in [5.74, 6) is 0.840. The van der Waals surface area contributed by atoms with Crippen LogP contribution >= 0.6 is 0 Å². The molecule has 2 nitrogen and oxygen atoms in total. The van der Waals surface area contributed by atoms with Gasteiger partial charge in [0.2, 0.25) is 0 Å². The minimum atomic E-state index is 0.654. The van der Waals surface area contributed by atoms with E-state index in [4.69, 9.17) is 4.74 Å². The lowest BCUT2D eigenvalue weighted by Gasteiger charge is -2.03. The molecule has 0 bridgehead atoms. The molecule has 0 spiro atoms. The van der Waals surface area contributed by atoms with Crippen LogP contribution in [-0.4, -0.2) is 12.9 Å². The highest BCUT2D eigenvalue weighted by atomic mass is 16.5. The third-order valence-electron chi connectivity index (χ3n) is 2.08. The average molecular weight is 204 g/mol. The van der Waals surface area contributed by atoms with Gasteiger partial charge in [0.25, 0.3) is 0 Å². The zero-order valence-corrected chi connectivity index (χ0v) is 9.19. The van der Waals surface area contributed by atoms with Crippen molar-refractivity contribution >= 4 is 12.4 Å². The van der Waals surface area contributed by atoms with Crippen molar-refractivity contribution < 1.29 is 9.53 Å². The molecular weight excluding hydrogens is 188 g/mol. The van der Waals surface area contributed by atoms with Gasteiger partial charge < -0.3 is 4.74 Å². The normalized spacial score (nSPS) is 11.2. The molecule has 1 aromatic carbocycles. The molecule has 0 heterocycles. The Hall–Kier alpha value is -1.57. The molecule has 0 unspecified atom stereocenters. The fourth-order valence-electron chi connectivity index (χ4n) is 1.29. The smallest absolute Gasteiger partial charge is 0.146 e. The average Bonchev–Trinajstić information content (AvgIpc) is 2.27. The van der Waals surface area contributed by atoms with Gasteiger partial charge in [-0.2, -0.15) is 0 Å². The van der Waals surface area contributed by atoms with E-state index in [0.29, 0.717) is 6.61 Å². The second-order valence-electron chi connectivity index (χ2n) is 3.20. The minimum absolute atomic E-state index is 0.654. The lowest BCUT2D eigenvalue weighted by Crippen LogP contribution is -1.91. The number of carbonyl (C=O) groups is 1. The molecule has 0 aliphatic heterocycles. The molecule has 0 saturated carbocycles. The second-order valence-corrected chi connectivity index (χ2v) is 3.20. The van der Waals surface area contributed by atoms with Gasteiger partial charge in [-0.1, -0.05) is 19.1 Å². The quantitative estimate of drug-likeness (QED) is 0.544. The van der Waals surface area contributed by atoms with Crippen LogP contribution in [0.5, 0.6) is 5.75 Å². The van der Waals surface area contributed by atoms with Crippen molar-refractivity contribution in [1.82, 2.24) is 0 Å². The fraction of sp³-hybridized carbons (Fsp3) is 0.308. The monoisotopic (exact) mass is 204 g/mol. The maximum atomic E-state index is 10.7. The highest BCUT2D eigenvalue weighted by Crippen LogP contribution is 2.16. The maximum Gasteiger partial charge on any atom is 0.146 e. The number of hydrogen-bond donors (Lipinski definition) is 0. The standard InChI is InChI=1S/C13H16O2/c1-3-11(10-14)8-12-6-5-7-13(9-12)15-4-2/h5-10H,3-4H2,1-2H3. The number of allylic oxidation sites excluding steroid dienone is 1. The third-order valence-corrected chi connectivity index (χ3v) is 2.08. The summed E-state index contributed by atoms with van der Waals surface area (Å²) in [5.41, 5.74) is 1.80. The van der Waals surface area contributed by atoms with Gasteiger partial charge in [-0.05, 0) is 42.7 Å². The van der Waals surface area contributed by atoms with Crippen LogP contribution in [0, 0.1) is 0 Å². The van der Waals surface area contributed by atoms with E-state index < -0.39 is 0 Å². The van der Waals surface area contributed by atoms with E-state index >= 15 is 0 Å². The number of aldehydes is 1. The van der Waals surface area contributed by atoms with Crippen LogP contribution in [-0.2, 0) is 4.79 Å². The summed E-state index contributed by atoms with van der Waals surface area (Å²) in [5, 5.41) is 0. The van der Waals surface area contributed by atoms with Crippen molar-refractivity contribution in [2.45, 2.75) is 20.3 Å². The van der Waals surface area contributed by atoms with Crippen LogP contribution in [0.4, 0.5) is 0 Å². The summed E-state index contributed by atoms with van der Waals surface area (Å²) in [4.78, 5) is 10.7. The van der Waals surface area contributed by atoms with Gasteiger partial charge in [0.15, 0.2) is 0 Å². The molecule has 0 saturated heterocycles. The molecule has 1 rings (SSSR count). The van der Waals surface area contributed by atoms with Crippen molar-refractivity contribution in [1.29, 1.82) is 0 Å². The molecular formula is C13H16O2. The van der Waals surface area contributed by atoms with Crippen molar-refractivity contribution in [3.8, 4) is 5.75 Å². The van der Waals surface area contributed by atoms with E-state index in [1.165, 1.54) is 0 Å². The summed E-state index contributed by atoms with van der Waals surface area (Å²) in [6.07, 6.45) is 3.53. The number of benzene rings is 1. The lowest BCUT2D eigenvalue weighted by atomic mass is 10.1. The predicted octanol–water partition coefficient (Wildman–Crippen LogP) is 3.08. The molecule has 15 heavy (non-hydrogen) atoms. The van der Waals surface area contributed by atoms with E-state index in [9.17, 15) is 4.79 Å². The Morgan fingerprint density at radius 1 is 1.40 bits per heavy atom. The number of ether oxygens (including phenoxy) is 1. The molecule has 0 atom stereocenters. The molecule has 0 aliphatic carbocycles. The van der Waals surface area contributed by atoms with Crippen molar-refractivity contribution in [3.05, 3.63) is 35.4 Å². The van der Waals surface area contributed by atoms with E-state index in [1.54, 1.807) is 0 Å². The number of rotatable bonds is 5. The molecule has 0 N–H and O–H groups in total. The Morgan fingerprint density at radius 3 is 2.80 bits per heavy atom. The van der Waals surface area contributed by atoms with E-state index in [0.717, 1.165) is 29.6 Å². The highest BCUT2D eigenvalue weighted by Gasteiger charge is 1.95. The van der Waals surface area contributed by atoms with Crippen LogP contribution in [0.1, 0.15) is 25.8 Å². The first-order chi connectivity index (χ1) is 7.30. The van der Waals surface area contributed by atoms with Crippen LogP contribution in [0.2, 0.25) is 0 Å². The molecule has 1 aromatic rings. The first-order valence-electron chi connectivity index (χ1n) is 5.18. The van der Waals surface area contributed by atoms with Crippen molar-refractivity contribution in [3.63, 3.8) is 0 Å². The number of hydrogen-bond acceptors (Lipinski definition) is 2. The second kappa shape index (κ2) is 6.02. The van der Waals surface area contributed by atoms with Crippen molar-refractivity contribution in [2.75, 3.05) is 6.61 Å². The molecule has 0 amide bonds. The Balaban J connectivity index is 2.89. The van der Waals surface area contributed by atoms with E-state index in [-0.39, 0.29) is 0 Å². The van der Waals surface area contributed by atoms with Gasteiger partial charge in [0.05, 0.1) is 6.61 Å². The van der Waals surface area contributed by atoms with Crippen LogP contribution in [0.3, 0.4) is 0 Å². The summed E-state index contributed by atoms with van der Waals surface area (Å²) in [6, 6.07) is 7.73. The SMILES string of the molecule is CCOc1cccc(C=C(C=O)CC)c1. The maximum absolute atomic E-state index is 10.7. The molecule has 80 valence electrons. The first-order valence-corrected chi connectivity index (χ1v) is 5.18. The van der Waals surface area contributed by atoms with Gasteiger partial charge in [0, 0.05) is 0 Å². The van der Waals surface area contributed by atoms with Crippen LogP contribution in [0.25, 0.3) is 6.08 Å².